The zero-order valence-corrected chi connectivity index (χ0v) is 12.8. The van der Waals surface area contributed by atoms with Crippen molar-refractivity contribution in [3.05, 3.63) is 29.6 Å². The minimum Gasteiger partial charge on any atom is -0.413 e. The van der Waals surface area contributed by atoms with Crippen LogP contribution in [0.2, 0.25) is 13.1 Å². The Morgan fingerprint density at radius 1 is 1.28 bits per heavy atom. The molecule has 4 heteroatoms. The molecule has 0 saturated heterocycles. The van der Waals surface area contributed by atoms with Crippen LogP contribution in [0, 0.1) is 0 Å². The molecular weight excluding hydrogens is 240 g/mol. The molecule has 0 aliphatic carbocycles. The fourth-order valence-corrected chi connectivity index (χ4v) is 2.23. The number of nitrogens with zero attached hydrogens (tertiary/aromatic N) is 1. The first-order valence-electron chi connectivity index (χ1n) is 6.29. The van der Waals surface area contributed by atoms with E-state index in [9.17, 15) is 0 Å². The Kier molecular flexibility index (Phi) is 3.59. The predicted octanol–water partition coefficient (Wildman–Crippen LogP) is 3.63. The van der Waals surface area contributed by atoms with E-state index < -0.39 is 9.04 Å². The number of aromatic nitrogens is 2. The average molecular weight is 261 g/mol. The monoisotopic (exact) mass is 261 g/mol. The molecule has 1 heterocycles. The van der Waals surface area contributed by atoms with E-state index in [4.69, 9.17) is 9.41 Å². The normalized spacial score (nSPS) is 12.6. The molecule has 0 unspecified atom stereocenters. The summed E-state index contributed by atoms with van der Waals surface area (Å²) in [5.74, 6) is 1.03. The Morgan fingerprint density at radius 2 is 2.00 bits per heavy atom. The summed E-state index contributed by atoms with van der Waals surface area (Å²) < 4.78 is 5.78. The summed E-state index contributed by atoms with van der Waals surface area (Å²) in [6.07, 6.45) is 0. The molecule has 0 aliphatic heterocycles. The number of fused-ring (bicyclic) bond motifs is 1. The van der Waals surface area contributed by atoms with Crippen LogP contribution in [0.4, 0.5) is 0 Å². The molecule has 0 fully saturated rings. The van der Waals surface area contributed by atoms with Crippen LogP contribution in [0.5, 0.6) is 0 Å². The van der Waals surface area contributed by atoms with Gasteiger partial charge in [0.2, 0.25) is 9.04 Å². The predicted molar refractivity (Wildman–Crippen MR) is 77.1 cm³/mol. The highest BCUT2D eigenvalue weighted by molar-refractivity contribution is 6.48. The van der Waals surface area contributed by atoms with E-state index in [2.05, 4.69) is 57.0 Å². The highest BCUT2D eigenvalue weighted by Gasteiger charge is 2.19. The second kappa shape index (κ2) is 4.86. The lowest BCUT2D eigenvalue weighted by Gasteiger charge is -2.13. The van der Waals surface area contributed by atoms with Crippen molar-refractivity contribution >= 4 is 20.1 Å². The standard InChI is InChI=1S/C14H21N2OSi/c1-14(2,3)13-15-11-8-6-7-10(12(11)16-13)9-17-18(4)5/h6-8H,9H2,1-5H3,(H,15,16). The Labute approximate surface area is 110 Å². The highest BCUT2D eigenvalue weighted by atomic mass is 28.3. The molecule has 18 heavy (non-hydrogen) atoms. The lowest BCUT2D eigenvalue weighted by molar-refractivity contribution is 0.316. The van der Waals surface area contributed by atoms with Crippen molar-refractivity contribution in [1.82, 2.24) is 9.97 Å². The van der Waals surface area contributed by atoms with Gasteiger partial charge in [-0.15, -0.1) is 0 Å². The van der Waals surface area contributed by atoms with Crippen molar-refractivity contribution < 1.29 is 4.43 Å². The molecular formula is C14H21N2OSi. The number of hydrogen-bond acceptors (Lipinski definition) is 2. The smallest absolute Gasteiger partial charge is 0.205 e. The Morgan fingerprint density at radius 3 is 2.61 bits per heavy atom. The van der Waals surface area contributed by atoms with Gasteiger partial charge in [0.25, 0.3) is 0 Å². The van der Waals surface area contributed by atoms with Crippen LogP contribution in [0.1, 0.15) is 32.2 Å². The summed E-state index contributed by atoms with van der Waals surface area (Å²) in [4.78, 5) is 8.14. The number of nitrogens with one attached hydrogen (secondary N) is 1. The van der Waals surface area contributed by atoms with Crippen molar-refractivity contribution in [2.75, 3.05) is 0 Å². The summed E-state index contributed by atoms with van der Waals surface area (Å²) in [7, 11) is -0.659. The summed E-state index contributed by atoms with van der Waals surface area (Å²) in [5, 5.41) is 0. The van der Waals surface area contributed by atoms with Gasteiger partial charge in [0, 0.05) is 11.0 Å². The largest absolute Gasteiger partial charge is 0.413 e. The van der Waals surface area contributed by atoms with Crippen molar-refractivity contribution in [3.63, 3.8) is 0 Å². The van der Waals surface area contributed by atoms with Crippen LogP contribution in [-0.4, -0.2) is 19.0 Å². The molecule has 1 radical (unpaired) electrons. The van der Waals surface area contributed by atoms with E-state index in [0.717, 1.165) is 16.9 Å². The number of hydrogen-bond donors (Lipinski definition) is 1. The van der Waals surface area contributed by atoms with Gasteiger partial charge in [0.1, 0.15) is 5.82 Å². The van der Waals surface area contributed by atoms with E-state index in [1.807, 2.05) is 0 Å². The summed E-state index contributed by atoms with van der Waals surface area (Å²) >= 11 is 0. The molecule has 2 rings (SSSR count). The first kappa shape index (κ1) is 13.3. The van der Waals surface area contributed by atoms with Crippen LogP contribution in [0.25, 0.3) is 11.0 Å². The van der Waals surface area contributed by atoms with E-state index in [-0.39, 0.29) is 5.41 Å². The van der Waals surface area contributed by atoms with Crippen molar-refractivity contribution in [1.29, 1.82) is 0 Å². The molecule has 0 aliphatic rings. The summed E-state index contributed by atoms with van der Waals surface area (Å²) in [6.45, 7) is 11.5. The summed E-state index contributed by atoms with van der Waals surface area (Å²) in [6, 6.07) is 6.23. The molecule has 0 atom stereocenters. The van der Waals surface area contributed by atoms with Gasteiger partial charge in [-0.2, -0.15) is 0 Å². The second-order valence-corrected chi connectivity index (χ2v) is 7.95. The van der Waals surface area contributed by atoms with Crippen molar-refractivity contribution in [3.8, 4) is 0 Å². The van der Waals surface area contributed by atoms with Crippen LogP contribution < -0.4 is 0 Å². The van der Waals surface area contributed by atoms with Gasteiger partial charge in [-0.3, -0.25) is 0 Å². The van der Waals surface area contributed by atoms with Crippen molar-refractivity contribution in [2.24, 2.45) is 0 Å². The van der Waals surface area contributed by atoms with Gasteiger partial charge in [-0.25, -0.2) is 4.98 Å². The Hall–Kier alpha value is -1.13. The topological polar surface area (TPSA) is 37.9 Å². The molecule has 1 aromatic carbocycles. The van der Waals surface area contributed by atoms with Crippen molar-refractivity contribution in [2.45, 2.75) is 45.9 Å². The number of benzene rings is 1. The van der Waals surface area contributed by atoms with E-state index in [0.29, 0.717) is 6.61 Å². The third-order valence-electron chi connectivity index (χ3n) is 2.82. The number of H-pyrrole nitrogens is 1. The molecule has 0 amide bonds. The fourth-order valence-electron chi connectivity index (χ4n) is 1.79. The molecule has 0 spiro atoms. The average Bonchev–Trinajstić information content (AvgIpc) is 2.69. The molecule has 3 nitrogen and oxygen atoms in total. The lowest BCUT2D eigenvalue weighted by atomic mass is 9.96. The van der Waals surface area contributed by atoms with E-state index in [1.54, 1.807) is 0 Å². The van der Waals surface area contributed by atoms with E-state index in [1.165, 1.54) is 5.56 Å². The second-order valence-electron chi connectivity index (χ2n) is 5.85. The molecule has 1 N–H and O–H groups in total. The van der Waals surface area contributed by atoms with Crippen LogP contribution in [0.3, 0.4) is 0 Å². The van der Waals surface area contributed by atoms with Gasteiger partial charge in [0.15, 0.2) is 0 Å². The number of aromatic amines is 1. The summed E-state index contributed by atoms with van der Waals surface area (Å²) in [5.41, 5.74) is 3.36. The minimum absolute atomic E-state index is 0.0433. The van der Waals surface area contributed by atoms with Gasteiger partial charge < -0.3 is 9.41 Å². The maximum Gasteiger partial charge on any atom is 0.205 e. The Balaban J connectivity index is 2.39. The van der Waals surface area contributed by atoms with Gasteiger partial charge in [-0.1, -0.05) is 32.9 Å². The highest BCUT2D eigenvalue weighted by Crippen LogP contribution is 2.24. The van der Waals surface area contributed by atoms with Crippen LogP contribution >= 0.6 is 0 Å². The Bertz CT molecular complexity index is 540. The first-order chi connectivity index (χ1) is 8.38. The van der Waals surface area contributed by atoms with Crippen LogP contribution in [-0.2, 0) is 16.4 Å². The van der Waals surface area contributed by atoms with Crippen LogP contribution in [0.15, 0.2) is 18.2 Å². The zero-order chi connectivity index (χ0) is 13.3. The zero-order valence-electron chi connectivity index (χ0n) is 11.8. The molecule has 0 bridgehead atoms. The number of para-hydroxylation sites is 1. The lowest BCUT2D eigenvalue weighted by Crippen LogP contribution is -2.13. The molecule has 2 aromatic rings. The number of rotatable bonds is 3. The van der Waals surface area contributed by atoms with E-state index >= 15 is 0 Å². The molecule has 1 aromatic heterocycles. The molecule has 0 saturated carbocycles. The number of imidazole rings is 1. The molecule has 97 valence electrons. The quantitative estimate of drug-likeness (QED) is 0.857. The van der Waals surface area contributed by atoms with Gasteiger partial charge in [-0.05, 0) is 19.2 Å². The third-order valence-corrected chi connectivity index (χ3v) is 3.54. The SMILES string of the molecule is C[Si](C)OCc1cccc2[nH]c(C(C)(C)C)nc12. The third kappa shape index (κ3) is 2.82. The maximum atomic E-state index is 5.78. The fraction of sp³-hybridized carbons (Fsp3) is 0.500. The minimum atomic E-state index is -0.659. The maximum absolute atomic E-state index is 5.78. The van der Waals surface area contributed by atoms with Gasteiger partial charge >= 0.3 is 0 Å². The van der Waals surface area contributed by atoms with Gasteiger partial charge in [0.05, 0.1) is 17.6 Å². The first-order valence-corrected chi connectivity index (χ1v) is 8.70.